The van der Waals surface area contributed by atoms with Crippen LogP contribution in [0.1, 0.15) is 0 Å². The molecule has 0 fully saturated rings. The van der Waals surface area contributed by atoms with Crippen LogP contribution in [0, 0.1) is 0 Å². The first-order chi connectivity index (χ1) is 7.18. The van der Waals surface area contributed by atoms with E-state index in [9.17, 15) is 4.21 Å². The number of hydrogen-bond acceptors (Lipinski definition) is 4. The molecule has 0 aliphatic rings. The number of nitrogens with two attached hydrogens (primary N) is 1. The van der Waals surface area contributed by atoms with Gasteiger partial charge in [0.25, 0.3) is 0 Å². The van der Waals surface area contributed by atoms with Crippen LogP contribution in [0.5, 0.6) is 0 Å². The van der Waals surface area contributed by atoms with Crippen molar-refractivity contribution in [2.75, 3.05) is 5.73 Å². The summed E-state index contributed by atoms with van der Waals surface area (Å²) in [5.74, 6) is 0. The number of rotatable bonds is 2. The molecule has 1 heterocycles. The van der Waals surface area contributed by atoms with Gasteiger partial charge in [0, 0.05) is 0 Å². The molecule has 2 rings (SSSR count). The molecule has 78 valence electrons. The van der Waals surface area contributed by atoms with Crippen LogP contribution in [0.25, 0.3) is 0 Å². The lowest BCUT2D eigenvalue weighted by Crippen LogP contribution is -1.90. The zero-order chi connectivity index (χ0) is 10.8. The summed E-state index contributed by atoms with van der Waals surface area (Å²) < 4.78 is 12.6. The van der Waals surface area contributed by atoms with Crippen LogP contribution < -0.4 is 5.73 Å². The highest BCUT2D eigenvalue weighted by Crippen LogP contribution is 2.27. The van der Waals surface area contributed by atoms with Gasteiger partial charge in [0.05, 0.1) is 26.9 Å². The van der Waals surface area contributed by atoms with Crippen molar-refractivity contribution in [1.29, 1.82) is 0 Å². The molecule has 15 heavy (non-hydrogen) atoms. The summed E-state index contributed by atoms with van der Waals surface area (Å²) in [5.41, 5.74) is 5.47. The molecule has 2 N–H and O–H groups in total. The van der Waals surface area contributed by atoms with Crippen molar-refractivity contribution in [1.82, 2.24) is 4.98 Å². The van der Waals surface area contributed by atoms with Crippen molar-refractivity contribution in [2.45, 2.75) is 9.10 Å². The minimum Gasteiger partial charge on any atom is -0.375 e. The second-order valence-electron chi connectivity index (χ2n) is 2.72. The van der Waals surface area contributed by atoms with Gasteiger partial charge >= 0.3 is 0 Å². The number of halogens is 1. The Bertz CT molecular complexity index is 512. The van der Waals surface area contributed by atoms with Crippen LogP contribution in [0.4, 0.5) is 5.13 Å². The fourth-order valence-electron chi connectivity index (χ4n) is 1.06. The second kappa shape index (κ2) is 4.30. The average molecular weight is 259 g/mol. The minimum atomic E-state index is -1.29. The molecule has 0 spiro atoms. The quantitative estimate of drug-likeness (QED) is 0.901. The van der Waals surface area contributed by atoms with Crippen molar-refractivity contribution in [3.8, 4) is 0 Å². The topological polar surface area (TPSA) is 56.0 Å². The number of thiazole rings is 1. The lowest BCUT2D eigenvalue weighted by Gasteiger charge is -2.00. The van der Waals surface area contributed by atoms with E-state index in [1.54, 1.807) is 24.3 Å². The van der Waals surface area contributed by atoms with Crippen LogP contribution in [-0.2, 0) is 10.8 Å². The smallest absolute Gasteiger partial charge is 0.181 e. The van der Waals surface area contributed by atoms with Gasteiger partial charge in [-0.3, -0.25) is 0 Å². The molecule has 0 bridgehead atoms. The molecule has 1 atom stereocenters. The first-order valence-corrected chi connectivity index (χ1v) is 6.40. The Kier molecular flexibility index (Phi) is 3.04. The lowest BCUT2D eigenvalue weighted by molar-refractivity contribution is 0.684. The van der Waals surface area contributed by atoms with Crippen molar-refractivity contribution in [2.24, 2.45) is 0 Å². The van der Waals surface area contributed by atoms with Crippen LogP contribution >= 0.6 is 22.9 Å². The van der Waals surface area contributed by atoms with Crippen molar-refractivity contribution in [3.63, 3.8) is 0 Å². The van der Waals surface area contributed by atoms with Crippen LogP contribution in [0.15, 0.2) is 39.6 Å². The monoisotopic (exact) mass is 258 g/mol. The van der Waals surface area contributed by atoms with Gasteiger partial charge in [-0.15, -0.1) is 0 Å². The minimum absolute atomic E-state index is 0.408. The predicted molar refractivity (Wildman–Crippen MR) is 62.7 cm³/mol. The molecule has 1 aromatic carbocycles. The maximum absolute atomic E-state index is 12.0. The standard InChI is InChI=1S/C9H7ClN2OS2/c10-6-3-1-2-4-7(6)15(13)8-5-12-9(11)14-8/h1-5H,(H2,11,12). The van der Waals surface area contributed by atoms with Crippen molar-refractivity contribution in [3.05, 3.63) is 35.5 Å². The van der Waals surface area contributed by atoms with Crippen molar-refractivity contribution < 1.29 is 4.21 Å². The van der Waals surface area contributed by atoms with Crippen LogP contribution in [0.2, 0.25) is 5.02 Å². The Labute approximate surface area is 98.4 Å². The van der Waals surface area contributed by atoms with E-state index >= 15 is 0 Å². The number of aromatic nitrogens is 1. The molecule has 0 aliphatic carbocycles. The summed E-state index contributed by atoms with van der Waals surface area (Å²) in [6, 6.07) is 7.03. The van der Waals surface area contributed by atoms with Gasteiger partial charge in [0.1, 0.15) is 4.21 Å². The molecule has 0 aliphatic heterocycles. The summed E-state index contributed by atoms with van der Waals surface area (Å²) in [5, 5.41) is 0.896. The van der Waals surface area contributed by atoms with E-state index in [0.717, 1.165) is 0 Å². The van der Waals surface area contributed by atoms with E-state index in [2.05, 4.69) is 4.98 Å². The molecule has 0 amide bonds. The van der Waals surface area contributed by atoms with E-state index in [1.165, 1.54) is 17.5 Å². The fourth-order valence-corrected chi connectivity index (χ4v) is 3.46. The summed E-state index contributed by atoms with van der Waals surface area (Å²) in [6.45, 7) is 0. The maximum Gasteiger partial charge on any atom is 0.181 e. The number of nitrogen functional groups attached to an aromatic ring is 1. The van der Waals surface area contributed by atoms with Gasteiger partial charge in [0.2, 0.25) is 0 Å². The molecule has 0 radical (unpaired) electrons. The molecular formula is C9H7ClN2OS2. The lowest BCUT2D eigenvalue weighted by atomic mass is 10.4. The van der Waals surface area contributed by atoms with Crippen LogP contribution in [-0.4, -0.2) is 9.19 Å². The van der Waals surface area contributed by atoms with Gasteiger partial charge in [-0.1, -0.05) is 35.1 Å². The molecule has 6 heteroatoms. The molecule has 1 unspecified atom stereocenters. The highest BCUT2D eigenvalue weighted by molar-refractivity contribution is 7.87. The van der Waals surface area contributed by atoms with Gasteiger partial charge < -0.3 is 5.73 Å². The number of benzene rings is 1. The highest BCUT2D eigenvalue weighted by Gasteiger charge is 2.12. The maximum atomic E-state index is 12.0. The Balaban J connectivity index is 2.41. The predicted octanol–water partition coefficient (Wildman–Crippen LogP) is 2.55. The number of nitrogens with zero attached hydrogens (tertiary/aromatic N) is 1. The number of anilines is 1. The highest BCUT2D eigenvalue weighted by atomic mass is 35.5. The van der Waals surface area contributed by atoms with Crippen LogP contribution in [0.3, 0.4) is 0 Å². The Hall–Kier alpha value is -0.910. The number of hydrogen-bond donors (Lipinski definition) is 1. The molecule has 0 saturated carbocycles. The zero-order valence-corrected chi connectivity index (χ0v) is 9.90. The summed E-state index contributed by atoms with van der Waals surface area (Å²) in [6.07, 6.45) is 1.51. The first-order valence-electron chi connectivity index (χ1n) is 4.06. The second-order valence-corrected chi connectivity index (χ2v) is 5.86. The third-order valence-electron chi connectivity index (χ3n) is 1.72. The SMILES string of the molecule is Nc1ncc(S(=O)c2ccccc2Cl)s1. The summed E-state index contributed by atoms with van der Waals surface area (Å²) in [4.78, 5) is 4.44. The first kappa shape index (κ1) is 10.6. The molecule has 2 aromatic rings. The van der Waals surface area contributed by atoms with Gasteiger partial charge in [0.15, 0.2) is 5.13 Å². The van der Waals surface area contributed by atoms with E-state index in [-0.39, 0.29) is 0 Å². The summed E-state index contributed by atoms with van der Waals surface area (Å²) in [7, 11) is -1.29. The van der Waals surface area contributed by atoms with E-state index in [4.69, 9.17) is 17.3 Å². The zero-order valence-electron chi connectivity index (χ0n) is 7.51. The van der Waals surface area contributed by atoms with Gasteiger partial charge in [-0.2, -0.15) is 0 Å². The average Bonchev–Trinajstić information content (AvgIpc) is 2.65. The van der Waals surface area contributed by atoms with Crippen molar-refractivity contribution >= 4 is 38.9 Å². The normalized spacial score (nSPS) is 12.6. The Morgan fingerprint density at radius 1 is 1.40 bits per heavy atom. The van der Waals surface area contributed by atoms with E-state index in [0.29, 0.717) is 19.3 Å². The van der Waals surface area contributed by atoms with E-state index < -0.39 is 10.8 Å². The largest absolute Gasteiger partial charge is 0.375 e. The Morgan fingerprint density at radius 2 is 2.13 bits per heavy atom. The van der Waals surface area contributed by atoms with Gasteiger partial charge in [-0.05, 0) is 12.1 Å². The third-order valence-corrected chi connectivity index (χ3v) is 4.71. The fraction of sp³-hybridized carbons (Fsp3) is 0. The molecule has 3 nitrogen and oxygen atoms in total. The third kappa shape index (κ3) is 2.19. The van der Waals surface area contributed by atoms with Gasteiger partial charge in [-0.25, -0.2) is 9.19 Å². The van der Waals surface area contributed by atoms with E-state index in [1.807, 2.05) is 0 Å². The molecule has 0 saturated heterocycles. The molecular weight excluding hydrogens is 252 g/mol. The molecule has 1 aromatic heterocycles. The summed E-state index contributed by atoms with van der Waals surface area (Å²) >= 11 is 7.14. The Morgan fingerprint density at radius 3 is 2.73 bits per heavy atom.